The van der Waals surface area contributed by atoms with E-state index in [2.05, 4.69) is 20.9 Å². The smallest absolute Gasteiger partial charge is 0.335 e. The number of halogens is 1. The SMILES string of the molecule is COc1cc(C=c2sc3nc4ccccc4n3c2=O)cc(Br)c1OCc1cccc(C(=O)O)c1. The molecule has 0 amide bonds. The van der Waals surface area contributed by atoms with Crippen LogP contribution in [0.2, 0.25) is 0 Å². The standard InChI is InChI=1S/C25H17BrN2O5S/c1-32-20-11-15(10-17(26)22(20)33-13-14-5-4-6-16(9-14)24(30)31)12-21-23(29)28-19-8-3-2-7-18(19)27-25(28)34-21/h2-12H,13H2,1H3,(H,30,31). The molecule has 0 radical (unpaired) electrons. The summed E-state index contributed by atoms with van der Waals surface area (Å²) in [4.78, 5) is 29.4. The largest absolute Gasteiger partial charge is 0.493 e. The van der Waals surface area contributed by atoms with Gasteiger partial charge in [-0.3, -0.25) is 4.79 Å². The van der Waals surface area contributed by atoms with Gasteiger partial charge in [-0.05, 0) is 69.5 Å². The van der Waals surface area contributed by atoms with Crippen LogP contribution in [0.15, 0.2) is 69.9 Å². The highest BCUT2D eigenvalue weighted by Gasteiger charge is 2.14. The van der Waals surface area contributed by atoms with E-state index in [1.807, 2.05) is 30.3 Å². The zero-order chi connectivity index (χ0) is 23.8. The van der Waals surface area contributed by atoms with Gasteiger partial charge in [0.25, 0.3) is 5.56 Å². The third-order valence-electron chi connectivity index (χ3n) is 5.25. The monoisotopic (exact) mass is 536 g/mol. The number of ether oxygens (including phenoxy) is 2. The van der Waals surface area contributed by atoms with E-state index in [9.17, 15) is 14.7 Å². The topological polar surface area (TPSA) is 90.1 Å². The van der Waals surface area contributed by atoms with Crippen LogP contribution in [0.3, 0.4) is 0 Å². The molecular weight excluding hydrogens is 520 g/mol. The first kappa shape index (κ1) is 22.1. The number of rotatable bonds is 6. The van der Waals surface area contributed by atoms with Crippen molar-refractivity contribution in [1.29, 1.82) is 0 Å². The molecule has 0 spiro atoms. The summed E-state index contributed by atoms with van der Waals surface area (Å²) in [6.07, 6.45) is 1.80. The number of carboxylic acid groups (broad SMARTS) is 1. The lowest BCUT2D eigenvalue weighted by Gasteiger charge is -2.14. The van der Waals surface area contributed by atoms with Gasteiger partial charge in [0.1, 0.15) is 6.61 Å². The van der Waals surface area contributed by atoms with Crippen molar-refractivity contribution in [2.45, 2.75) is 6.61 Å². The van der Waals surface area contributed by atoms with Crippen molar-refractivity contribution < 1.29 is 19.4 Å². The number of hydrogen-bond donors (Lipinski definition) is 1. The number of carboxylic acids is 1. The molecule has 0 fully saturated rings. The molecular formula is C25H17BrN2O5S. The van der Waals surface area contributed by atoms with Gasteiger partial charge in [0.2, 0.25) is 0 Å². The second kappa shape index (κ2) is 8.92. The van der Waals surface area contributed by atoms with Crippen molar-refractivity contribution in [3.63, 3.8) is 0 Å². The Bertz CT molecular complexity index is 1670. The highest BCUT2D eigenvalue weighted by atomic mass is 79.9. The molecule has 0 aliphatic heterocycles. The maximum absolute atomic E-state index is 13.0. The quantitative estimate of drug-likeness (QED) is 0.343. The molecule has 5 rings (SSSR count). The Morgan fingerprint density at radius 1 is 1.18 bits per heavy atom. The number of carbonyl (C=O) groups is 1. The zero-order valence-electron chi connectivity index (χ0n) is 17.8. The molecule has 34 heavy (non-hydrogen) atoms. The van der Waals surface area contributed by atoms with Gasteiger partial charge in [0.05, 0.1) is 32.7 Å². The first-order valence-corrected chi connectivity index (χ1v) is 11.8. The molecule has 0 aliphatic rings. The zero-order valence-corrected chi connectivity index (χ0v) is 20.2. The van der Waals surface area contributed by atoms with Crippen LogP contribution in [0.5, 0.6) is 11.5 Å². The predicted molar refractivity (Wildman–Crippen MR) is 134 cm³/mol. The van der Waals surface area contributed by atoms with Gasteiger partial charge in [-0.15, -0.1) is 0 Å². The van der Waals surface area contributed by atoms with Gasteiger partial charge < -0.3 is 14.6 Å². The molecule has 0 atom stereocenters. The fraction of sp³-hybridized carbons (Fsp3) is 0.0800. The molecule has 7 nitrogen and oxygen atoms in total. The Morgan fingerprint density at radius 3 is 2.79 bits per heavy atom. The van der Waals surface area contributed by atoms with Crippen LogP contribution in [0.4, 0.5) is 0 Å². The summed E-state index contributed by atoms with van der Waals surface area (Å²) in [7, 11) is 1.54. The number of nitrogens with zero attached hydrogens (tertiary/aromatic N) is 2. The van der Waals surface area contributed by atoms with E-state index < -0.39 is 5.97 Å². The average Bonchev–Trinajstić information content (AvgIpc) is 3.34. The lowest BCUT2D eigenvalue weighted by Crippen LogP contribution is -2.22. The van der Waals surface area contributed by atoms with Crippen molar-refractivity contribution in [3.05, 3.63) is 96.7 Å². The lowest BCUT2D eigenvalue weighted by molar-refractivity contribution is 0.0696. The molecule has 2 aromatic heterocycles. The van der Waals surface area contributed by atoms with Crippen molar-refractivity contribution in [1.82, 2.24) is 9.38 Å². The van der Waals surface area contributed by atoms with E-state index in [-0.39, 0.29) is 17.7 Å². The van der Waals surface area contributed by atoms with Crippen LogP contribution < -0.4 is 19.6 Å². The average molecular weight is 537 g/mol. The summed E-state index contributed by atoms with van der Waals surface area (Å²) in [5, 5.41) is 9.18. The number of para-hydroxylation sites is 2. The third kappa shape index (κ3) is 4.04. The summed E-state index contributed by atoms with van der Waals surface area (Å²) in [6.45, 7) is 0.166. The normalized spacial score (nSPS) is 11.9. The van der Waals surface area contributed by atoms with E-state index in [0.29, 0.717) is 25.5 Å². The van der Waals surface area contributed by atoms with Crippen LogP contribution in [0.25, 0.3) is 22.1 Å². The Kier molecular flexibility index (Phi) is 5.80. The summed E-state index contributed by atoms with van der Waals surface area (Å²) in [5.74, 6) is -0.0313. The lowest BCUT2D eigenvalue weighted by atomic mass is 10.1. The molecule has 0 saturated heterocycles. The minimum absolute atomic E-state index is 0.123. The minimum Gasteiger partial charge on any atom is -0.493 e. The summed E-state index contributed by atoms with van der Waals surface area (Å²) in [6, 6.07) is 17.7. The Labute approximate surface area is 205 Å². The molecule has 0 unspecified atom stereocenters. The van der Waals surface area contributed by atoms with Gasteiger partial charge in [-0.2, -0.15) is 0 Å². The van der Waals surface area contributed by atoms with Crippen LogP contribution in [0, 0.1) is 0 Å². The van der Waals surface area contributed by atoms with Crippen LogP contribution in [0.1, 0.15) is 21.5 Å². The Hall–Kier alpha value is -3.69. The van der Waals surface area contributed by atoms with Crippen molar-refractivity contribution in [3.8, 4) is 11.5 Å². The summed E-state index contributed by atoms with van der Waals surface area (Å²) >= 11 is 4.86. The fourth-order valence-electron chi connectivity index (χ4n) is 3.68. The summed E-state index contributed by atoms with van der Waals surface area (Å²) < 4.78 is 14.3. The van der Waals surface area contributed by atoms with Gasteiger partial charge in [0.15, 0.2) is 16.5 Å². The first-order valence-electron chi connectivity index (χ1n) is 10.2. The van der Waals surface area contributed by atoms with E-state index >= 15 is 0 Å². The van der Waals surface area contributed by atoms with Crippen molar-refractivity contribution in [2.75, 3.05) is 7.11 Å². The van der Waals surface area contributed by atoms with Crippen molar-refractivity contribution >= 4 is 55.3 Å². The number of thiazole rings is 1. The number of aromatic nitrogens is 2. The molecule has 0 saturated carbocycles. The predicted octanol–water partition coefficient (Wildman–Crippen LogP) is 4.51. The highest BCUT2D eigenvalue weighted by Crippen LogP contribution is 2.37. The number of imidazole rings is 1. The van der Waals surface area contributed by atoms with E-state index in [1.54, 1.807) is 34.7 Å². The van der Waals surface area contributed by atoms with E-state index in [1.165, 1.54) is 24.5 Å². The number of methoxy groups -OCH3 is 1. The molecule has 3 aromatic carbocycles. The number of fused-ring (bicyclic) bond motifs is 3. The van der Waals surface area contributed by atoms with E-state index in [4.69, 9.17) is 9.47 Å². The molecule has 170 valence electrons. The van der Waals surface area contributed by atoms with Crippen LogP contribution >= 0.6 is 27.3 Å². The molecule has 0 bridgehead atoms. The van der Waals surface area contributed by atoms with Gasteiger partial charge in [-0.25, -0.2) is 14.2 Å². The highest BCUT2D eigenvalue weighted by molar-refractivity contribution is 9.10. The Morgan fingerprint density at radius 2 is 2.00 bits per heavy atom. The molecule has 2 heterocycles. The first-order chi connectivity index (χ1) is 16.4. The molecule has 1 N–H and O–H groups in total. The molecule has 0 aliphatic carbocycles. The van der Waals surface area contributed by atoms with Gasteiger partial charge >= 0.3 is 5.97 Å². The number of aromatic carboxylic acids is 1. The van der Waals surface area contributed by atoms with Crippen LogP contribution in [-0.2, 0) is 6.61 Å². The number of hydrogen-bond acceptors (Lipinski definition) is 6. The second-order valence-electron chi connectivity index (χ2n) is 7.46. The van der Waals surface area contributed by atoms with Gasteiger partial charge in [-0.1, -0.05) is 35.6 Å². The minimum atomic E-state index is -0.993. The maximum Gasteiger partial charge on any atom is 0.335 e. The third-order valence-corrected chi connectivity index (χ3v) is 6.81. The van der Waals surface area contributed by atoms with Crippen molar-refractivity contribution in [2.24, 2.45) is 0 Å². The van der Waals surface area contributed by atoms with E-state index in [0.717, 1.165) is 22.2 Å². The summed E-state index contributed by atoms with van der Waals surface area (Å²) in [5.41, 5.74) is 3.12. The second-order valence-corrected chi connectivity index (χ2v) is 9.33. The number of benzene rings is 3. The molecule has 9 heteroatoms. The maximum atomic E-state index is 13.0. The fourth-order valence-corrected chi connectivity index (χ4v) is 5.24. The Balaban J connectivity index is 1.49. The van der Waals surface area contributed by atoms with Crippen LogP contribution in [-0.4, -0.2) is 27.6 Å². The van der Waals surface area contributed by atoms with Gasteiger partial charge in [0, 0.05) is 0 Å². The molecule has 5 aromatic rings.